The van der Waals surface area contributed by atoms with Gasteiger partial charge in [0.1, 0.15) is 0 Å². The summed E-state index contributed by atoms with van der Waals surface area (Å²) in [6.07, 6.45) is 3.89. The van der Waals surface area contributed by atoms with Gasteiger partial charge in [0.2, 0.25) is 0 Å². The van der Waals surface area contributed by atoms with E-state index in [-0.39, 0.29) is 11.0 Å². The van der Waals surface area contributed by atoms with Gasteiger partial charge in [0, 0.05) is 11.6 Å². The van der Waals surface area contributed by atoms with Crippen LogP contribution in [0.2, 0.25) is 0 Å². The zero-order valence-corrected chi connectivity index (χ0v) is 9.77. The molecule has 2 rings (SSSR count). The molecule has 1 unspecified atom stereocenters. The highest BCUT2D eigenvalue weighted by Crippen LogP contribution is 2.46. The predicted octanol–water partition coefficient (Wildman–Crippen LogP) is 3.68. The Balaban J connectivity index is 2.37. The Morgan fingerprint density at radius 1 is 1.12 bits per heavy atom. The molecule has 0 amide bonds. The number of hydrogen-bond acceptors (Lipinski definition) is 1. The first kappa shape index (κ1) is 12.4. The van der Waals surface area contributed by atoms with Gasteiger partial charge in [0.15, 0.2) is 17.5 Å². The number of rotatable bonds is 2. The highest BCUT2D eigenvalue weighted by Gasteiger charge is 2.37. The lowest BCUT2D eigenvalue weighted by atomic mass is 9.77. The van der Waals surface area contributed by atoms with Gasteiger partial charge in [-0.05, 0) is 24.3 Å². The van der Waals surface area contributed by atoms with Crippen LogP contribution in [0.5, 0.6) is 0 Å². The zero-order valence-electron chi connectivity index (χ0n) is 9.77. The number of benzene rings is 1. The third-order valence-corrected chi connectivity index (χ3v) is 3.90. The summed E-state index contributed by atoms with van der Waals surface area (Å²) in [5.74, 6) is -3.75. The quantitative estimate of drug-likeness (QED) is 0.788. The Morgan fingerprint density at radius 2 is 1.71 bits per heavy atom. The van der Waals surface area contributed by atoms with Gasteiger partial charge >= 0.3 is 0 Å². The van der Waals surface area contributed by atoms with Gasteiger partial charge in [-0.3, -0.25) is 0 Å². The maximum absolute atomic E-state index is 13.6. The molecular formula is C13H16F3N. The Bertz CT molecular complexity index is 425. The minimum atomic E-state index is -1.43. The van der Waals surface area contributed by atoms with Crippen molar-refractivity contribution in [2.45, 2.75) is 38.6 Å². The van der Waals surface area contributed by atoms with E-state index >= 15 is 0 Å². The molecule has 0 aromatic heterocycles. The highest BCUT2D eigenvalue weighted by molar-refractivity contribution is 5.25. The lowest BCUT2D eigenvalue weighted by molar-refractivity contribution is 0.257. The Hall–Kier alpha value is -1.03. The van der Waals surface area contributed by atoms with Crippen LogP contribution in [0.3, 0.4) is 0 Å². The van der Waals surface area contributed by atoms with Gasteiger partial charge in [-0.1, -0.05) is 25.8 Å². The summed E-state index contributed by atoms with van der Waals surface area (Å²) in [4.78, 5) is 0. The van der Waals surface area contributed by atoms with Crippen molar-refractivity contribution in [3.8, 4) is 0 Å². The number of hydrogen-bond donors (Lipinski definition) is 1. The Morgan fingerprint density at radius 3 is 2.29 bits per heavy atom. The normalized spacial score (nSPS) is 20.5. The lowest BCUT2D eigenvalue weighted by Gasteiger charge is -2.31. The van der Waals surface area contributed by atoms with E-state index in [0.717, 1.165) is 31.7 Å². The molecule has 17 heavy (non-hydrogen) atoms. The molecule has 0 aliphatic heterocycles. The Kier molecular flexibility index (Phi) is 3.17. The monoisotopic (exact) mass is 243 g/mol. The maximum Gasteiger partial charge on any atom is 0.194 e. The average molecular weight is 243 g/mol. The molecule has 1 atom stereocenters. The second-order valence-corrected chi connectivity index (χ2v) is 5.10. The van der Waals surface area contributed by atoms with Crippen molar-refractivity contribution in [2.24, 2.45) is 11.1 Å². The summed E-state index contributed by atoms with van der Waals surface area (Å²) >= 11 is 0. The van der Waals surface area contributed by atoms with Crippen LogP contribution in [0.15, 0.2) is 12.1 Å². The standard InChI is InChI=1S/C13H16F3N/c1-13(6-2-3-7-13)12(17)8-4-5-9(14)11(16)10(8)15/h4-5,12H,2-3,6-7,17H2,1H3. The molecular weight excluding hydrogens is 227 g/mol. The van der Waals surface area contributed by atoms with Crippen molar-refractivity contribution >= 4 is 0 Å². The molecule has 2 N–H and O–H groups in total. The second-order valence-electron chi connectivity index (χ2n) is 5.10. The number of nitrogens with two attached hydrogens (primary N) is 1. The van der Waals surface area contributed by atoms with Crippen molar-refractivity contribution in [3.05, 3.63) is 35.1 Å². The van der Waals surface area contributed by atoms with E-state index in [1.807, 2.05) is 6.92 Å². The third kappa shape index (κ3) is 2.06. The number of halogens is 3. The largest absolute Gasteiger partial charge is 0.323 e. The molecule has 0 spiro atoms. The van der Waals surface area contributed by atoms with Crippen molar-refractivity contribution in [1.29, 1.82) is 0 Å². The molecule has 1 nitrogen and oxygen atoms in total. The summed E-state index contributed by atoms with van der Waals surface area (Å²) in [6, 6.07) is 1.61. The van der Waals surface area contributed by atoms with E-state index in [4.69, 9.17) is 5.73 Å². The average Bonchev–Trinajstić information content (AvgIpc) is 2.74. The van der Waals surface area contributed by atoms with E-state index in [1.54, 1.807) is 0 Å². The van der Waals surface area contributed by atoms with Gasteiger partial charge < -0.3 is 5.73 Å². The molecule has 0 saturated heterocycles. The van der Waals surface area contributed by atoms with Crippen LogP contribution in [-0.4, -0.2) is 0 Å². The van der Waals surface area contributed by atoms with Crippen LogP contribution in [0.25, 0.3) is 0 Å². The first-order valence-corrected chi connectivity index (χ1v) is 5.85. The van der Waals surface area contributed by atoms with Crippen molar-refractivity contribution in [1.82, 2.24) is 0 Å². The van der Waals surface area contributed by atoms with Crippen molar-refractivity contribution < 1.29 is 13.2 Å². The molecule has 1 aliphatic carbocycles. The third-order valence-electron chi connectivity index (χ3n) is 3.90. The van der Waals surface area contributed by atoms with Gasteiger partial charge in [0.25, 0.3) is 0 Å². The lowest BCUT2D eigenvalue weighted by Crippen LogP contribution is -2.30. The summed E-state index contributed by atoms with van der Waals surface area (Å²) < 4.78 is 39.6. The minimum Gasteiger partial charge on any atom is -0.323 e. The summed E-state index contributed by atoms with van der Waals surface area (Å²) in [5, 5.41) is 0. The van der Waals surface area contributed by atoms with E-state index in [9.17, 15) is 13.2 Å². The summed E-state index contributed by atoms with van der Waals surface area (Å²) in [5.41, 5.74) is 5.89. The van der Waals surface area contributed by atoms with Crippen LogP contribution in [0.1, 0.15) is 44.2 Å². The summed E-state index contributed by atoms with van der Waals surface area (Å²) in [7, 11) is 0. The molecule has 0 bridgehead atoms. The molecule has 1 aromatic carbocycles. The van der Waals surface area contributed by atoms with Crippen LogP contribution in [0.4, 0.5) is 13.2 Å². The topological polar surface area (TPSA) is 26.0 Å². The van der Waals surface area contributed by atoms with E-state index in [1.165, 1.54) is 6.07 Å². The highest BCUT2D eigenvalue weighted by atomic mass is 19.2. The summed E-state index contributed by atoms with van der Waals surface area (Å²) in [6.45, 7) is 1.98. The van der Waals surface area contributed by atoms with E-state index < -0.39 is 23.5 Å². The molecule has 0 heterocycles. The first-order valence-electron chi connectivity index (χ1n) is 5.85. The minimum absolute atomic E-state index is 0.0771. The first-order chi connectivity index (χ1) is 7.96. The van der Waals surface area contributed by atoms with Crippen molar-refractivity contribution in [3.63, 3.8) is 0 Å². The fourth-order valence-electron chi connectivity index (χ4n) is 2.65. The van der Waals surface area contributed by atoms with Gasteiger partial charge in [-0.25, -0.2) is 13.2 Å². The fraction of sp³-hybridized carbons (Fsp3) is 0.538. The molecule has 0 radical (unpaired) electrons. The Labute approximate surface area is 98.8 Å². The van der Waals surface area contributed by atoms with Gasteiger partial charge in [-0.15, -0.1) is 0 Å². The molecule has 1 aliphatic rings. The van der Waals surface area contributed by atoms with Crippen LogP contribution in [0, 0.1) is 22.9 Å². The predicted molar refractivity (Wildman–Crippen MR) is 59.8 cm³/mol. The van der Waals surface area contributed by atoms with Crippen LogP contribution in [-0.2, 0) is 0 Å². The van der Waals surface area contributed by atoms with Gasteiger partial charge in [0.05, 0.1) is 0 Å². The molecule has 94 valence electrons. The van der Waals surface area contributed by atoms with E-state index in [2.05, 4.69) is 0 Å². The smallest absolute Gasteiger partial charge is 0.194 e. The molecule has 1 aromatic rings. The molecule has 1 saturated carbocycles. The zero-order chi connectivity index (χ0) is 12.6. The van der Waals surface area contributed by atoms with Crippen LogP contribution >= 0.6 is 0 Å². The molecule has 1 fully saturated rings. The van der Waals surface area contributed by atoms with Gasteiger partial charge in [-0.2, -0.15) is 0 Å². The fourth-order valence-corrected chi connectivity index (χ4v) is 2.65. The molecule has 4 heteroatoms. The second kappa shape index (κ2) is 4.33. The SMILES string of the molecule is CC1(C(N)c2ccc(F)c(F)c2F)CCCC1. The van der Waals surface area contributed by atoms with Crippen LogP contribution < -0.4 is 5.73 Å². The van der Waals surface area contributed by atoms with Crippen molar-refractivity contribution in [2.75, 3.05) is 0 Å². The van der Waals surface area contributed by atoms with E-state index in [0.29, 0.717) is 0 Å². The maximum atomic E-state index is 13.6.